The van der Waals surface area contributed by atoms with E-state index in [0.717, 1.165) is 16.5 Å². The van der Waals surface area contributed by atoms with E-state index in [4.69, 9.17) is 4.74 Å². The molecule has 1 rings (SSSR count). The van der Waals surface area contributed by atoms with Crippen molar-refractivity contribution in [2.45, 2.75) is 26.3 Å². The van der Waals surface area contributed by atoms with Crippen molar-refractivity contribution < 1.29 is 9.53 Å². The van der Waals surface area contributed by atoms with Crippen LogP contribution in [-0.4, -0.2) is 25.7 Å². The summed E-state index contributed by atoms with van der Waals surface area (Å²) in [6.07, 6.45) is 0.850. The fourth-order valence-electron chi connectivity index (χ4n) is 1.55. The Balaban J connectivity index is 2.79. The largest absolute Gasteiger partial charge is 0.383 e. The first-order valence-corrected chi connectivity index (χ1v) is 6.44. The number of carbonyl (C=O) groups excluding carboxylic acids is 1. The fourth-order valence-corrected chi connectivity index (χ4v) is 1.99. The normalized spacial score (nSPS) is 12.2. The van der Waals surface area contributed by atoms with Crippen LogP contribution in [0.3, 0.4) is 0 Å². The first kappa shape index (κ1) is 14.2. The van der Waals surface area contributed by atoms with Gasteiger partial charge in [-0.25, -0.2) is 0 Å². The summed E-state index contributed by atoms with van der Waals surface area (Å²) in [4.78, 5) is 12.1. The number of ether oxygens (including phenoxy) is 1. The number of rotatable bonds is 5. The smallest absolute Gasteiger partial charge is 0.252 e. The van der Waals surface area contributed by atoms with Crippen molar-refractivity contribution in [3.63, 3.8) is 0 Å². The Bertz CT molecular complexity index is 393. The Morgan fingerprint density at radius 1 is 1.53 bits per heavy atom. The lowest BCUT2D eigenvalue weighted by Gasteiger charge is -2.16. The monoisotopic (exact) mass is 299 g/mol. The van der Waals surface area contributed by atoms with Gasteiger partial charge in [0.15, 0.2) is 0 Å². The number of nitrogens with one attached hydrogen (secondary N) is 1. The lowest BCUT2D eigenvalue weighted by Crippen LogP contribution is -2.37. The van der Waals surface area contributed by atoms with Crippen LogP contribution in [-0.2, 0) is 4.74 Å². The molecule has 0 aliphatic heterocycles. The molecule has 0 bridgehead atoms. The summed E-state index contributed by atoms with van der Waals surface area (Å²) in [6.45, 7) is 4.52. The zero-order valence-corrected chi connectivity index (χ0v) is 12.0. The van der Waals surface area contributed by atoms with Crippen LogP contribution in [0.1, 0.15) is 29.3 Å². The maximum absolute atomic E-state index is 12.1. The Hall–Kier alpha value is -0.870. The zero-order valence-electron chi connectivity index (χ0n) is 10.4. The Labute approximate surface area is 111 Å². The molecule has 0 aliphatic rings. The van der Waals surface area contributed by atoms with Gasteiger partial charge >= 0.3 is 0 Å². The SMILES string of the molecule is CCC(COC)NC(=O)c1cccc(C)c1Br. The summed E-state index contributed by atoms with van der Waals surface area (Å²) < 4.78 is 5.91. The van der Waals surface area contributed by atoms with Gasteiger partial charge in [0.05, 0.1) is 18.2 Å². The number of hydrogen-bond donors (Lipinski definition) is 1. The third-order valence-corrected chi connectivity index (χ3v) is 3.68. The summed E-state index contributed by atoms with van der Waals surface area (Å²) in [7, 11) is 1.64. The quantitative estimate of drug-likeness (QED) is 0.908. The molecule has 3 nitrogen and oxygen atoms in total. The van der Waals surface area contributed by atoms with Gasteiger partial charge in [0.2, 0.25) is 0 Å². The van der Waals surface area contributed by atoms with Gasteiger partial charge < -0.3 is 10.1 Å². The van der Waals surface area contributed by atoms with Crippen molar-refractivity contribution in [3.8, 4) is 0 Å². The molecular weight excluding hydrogens is 282 g/mol. The summed E-state index contributed by atoms with van der Waals surface area (Å²) in [5.74, 6) is -0.0653. The van der Waals surface area contributed by atoms with Gasteiger partial charge in [-0.1, -0.05) is 19.1 Å². The van der Waals surface area contributed by atoms with Crippen molar-refractivity contribution in [1.29, 1.82) is 0 Å². The fraction of sp³-hybridized carbons (Fsp3) is 0.462. The number of amides is 1. The van der Waals surface area contributed by atoms with Crippen LogP contribution < -0.4 is 5.32 Å². The van der Waals surface area contributed by atoms with Gasteiger partial charge in [0.1, 0.15) is 0 Å². The molecule has 1 N–H and O–H groups in total. The summed E-state index contributed by atoms with van der Waals surface area (Å²) in [6, 6.07) is 5.71. The van der Waals surface area contributed by atoms with Gasteiger partial charge in [-0.15, -0.1) is 0 Å². The van der Waals surface area contributed by atoms with Gasteiger partial charge in [-0.2, -0.15) is 0 Å². The maximum atomic E-state index is 12.1. The number of halogens is 1. The van der Waals surface area contributed by atoms with Crippen molar-refractivity contribution in [2.75, 3.05) is 13.7 Å². The maximum Gasteiger partial charge on any atom is 0.252 e. The van der Waals surface area contributed by atoms with E-state index in [9.17, 15) is 4.79 Å². The van der Waals surface area contributed by atoms with E-state index in [1.54, 1.807) is 7.11 Å². The van der Waals surface area contributed by atoms with E-state index in [2.05, 4.69) is 21.2 Å². The minimum absolute atomic E-state index is 0.0555. The Morgan fingerprint density at radius 3 is 2.82 bits per heavy atom. The lowest BCUT2D eigenvalue weighted by atomic mass is 10.1. The highest BCUT2D eigenvalue weighted by Crippen LogP contribution is 2.21. The number of benzene rings is 1. The molecule has 1 aromatic rings. The average molecular weight is 300 g/mol. The molecule has 1 amide bonds. The molecule has 0 aliphatic carbocycles. The summed E-state index contributed by atoms with van der Waals surface area (Å²) in [5.41, 5.74) is 1.72. The zero-order chi connectivity index (χ0) is 12.8. The standard InChI is InChI=1S/C13H18BrNO2/c1-4-10(8-17-3)15-13(16)11-7-5-6-9(2)12(11)14/h5-7,10H,4,8H2,1-3H3,(H,15,16). The highest BCUT2D eigenvalue weighted by atomic mass is 79.9. The molecule has 0 aromatic heterocycles. The second-order valence-electron chi connectivity index (χ2n) is 3.97. The molecule has 0 fully saturated rings. The van der Waals surface area contributed by atoms with E-state index in [-0.39, 0.29) is 11.9 Å². The number of hydrogen-bond acceptors (Lipinski definition) is 2. The Kier molecular flexibility index (Phi) is 5.65. The highest BCUT2D eigenvalue weighted by Gasteiger charge is 2.15. The number of methoxy groups -OCH3 is 1. The molecule has 1 atom stereocenters. The molecular formula is C13H18BrNO2. The van der Waals surface area contributed by atoms with Crippen LogP contribution >= 0.6 is 15.9 Å². The van der Waals surface area contributed by atoms with E-state index in [0.29, 0.717) is 12.2 Å². The minimum Gasteiger partial charge on any atom is -0.383 e. The predicted octanol–water partition coefficient (Wildman–Crippen LogP) is 2.91. The highest BCUT2D eigenvalue weighted by molar-refractivity contribution is 9.10. The molecule has 0 spiro atoms. The van der Waals surface area contributed by atoms with Crippen LogP contribution in [0.5, 0.6) is 0 Å². The summed E-state index contributed by atoms with van der Waals surface area (Å²) in [5, 5.41) is 2.96. The van der Waals surface area contributed by atoms with Crippen molar-refractivity contribution in [1.82, 2.24) is 5.32 Å². The van der Waals surface area contributed by atoms with Crippen LogP contribution in [0.2, 0.25) is 0 Å². The minimum atomic E-state index is -0.0653. The van der Waals surface area contributed by atoms with Gasteiger partial charge in [-0.05, 0) is 40.9 Å². The van der Waals surface area contributed by atoms with E-state index < -0.39 is 0 Å². The van der Waals surface area contributed by atoms with E-state index in [1.807, 2.05) is 32.0 Å². The van der Waals surface area contributed by atoms with E-state index >= 15 is 0 Å². The van der Waals surface area contributed by atoms with Gasteiger partial charge in [0.25, 0.3) is 5.91 Å². The first-order valence-electron chi connectivity index (χ1n) is 5.65. The molecule has 94 valence electrons. The van der Waals surface area contributed by atoms with Gasteiger partial charge in [-0.3, -0.25) is 4.79 Å². The second-order valence-corrected chi connectivity index (χ2v) is 4.76. The molecule has 0 radical (unpaired) electrons. The molecule has 4 heteroatoms. The van der Waals surface area contributed by atoms with Crippen molar-refractivity contribution in [2.24, 2.45) is 0 Å². The van der Waals surface area contributed by atoms with Gasteiger partial charge in [0, 0.05) is 11.6 Å². The molecule has 1 unspecified atom stereocenters. The number of aryl methyl sites for hydroxylation is 1. The third kappa shape index (κ3) is 3.82. The van der Waals surface area contributed by atoms with Crippen molar-refractivity contribution >= 4 is 21.8 Å². The predicted molar refractivity (Wildman–Crippen MR) is 72.3 cm³/mol. The molecule has 0 saturated carbocycles. The second kappa shape index (κ2) is 6.77. The molecule has 0 saturated heterocycles. The molecule has 17 heavy (non-hydrogen) atoms. The van der Waals surface area contributed by atoms with Crippen LogP contribution in [0.15, 0.2) is 22.7 Å². The van der Waals surface area contributed by atoms with Crippen LogP contribution in [0.25, 0.3) is 0 Å². The lowest BCUT2D eigenvalue weighted by molar-refractivity contribution is 0.0894. The van der Waals surface area contributed by atoms with Crippen LogP contribution in [0.4, 0.5) is 0 Å². The average Bonchev–Trinajstić information content (AvgIpc) is 2.31. The number of carbonyl (C=O) groups is 1. The summed E-state index contributed by atoms with van der Waals surface area (Å²) >= 11 is 3.44. The molecule has 0 heterocycles. The molecule has 1 aromatic carbocycles. The Morgan fingerprint density at radius 2 is 2.24 bits per heavy atom. The van der Waals surface area contributed by atoms with E-state index in [1.165, 1.54) is 0 Å². The first-order chi connectivity index (χ1) is 8.10. The topological polar surface area (TPSA) is 38.3 Å². The third-order valence-electron chi connectivity index (χ3n) is 2.63. The van der Waals surface area contributed by atoms with Crippen molar-refractivity contribution in [3.05, 3.63) is 33.8 Å². The van der Waals surface area contributed by atoms with Crippen LogP contribution in [0, 0.1) is 6.92 Å².